The number of imidazole rings is 1. The van der Waals surface area contributed by atoms with E-state index in [1.165, 1.54) is 23.9 Å². The Kier molecular flexibility index (Phi) is 4.54. The predicted octanol–water partition coefficient (Wildman–Crippen LogP) is 4.55. The molecule has 0 bridgehead atoms. The van der Waals surface area contributed by atoms with Crippen molar-refractivity contribution in [2.75, 3.05) is 0 Å². The fraction of sp³-hybridized carbons (Fsp3) is 0.118. The molecule has 0 radical (unpaired) electrons. The second kappa shape index (κ2) is 7.01. The number of hydrogen-bond donors (Lipinski definition) is 0. The molecule has 0 aliphatic heterocycles. The Bertz CT molecular complexity index is 1140. The van der Waals surface area contributed by atoms with E-state index in [2.05, 4.69) is 15.2 Å². The van der Waals surface area contributed by atoms with Gasteiger partial charge in [-0.05, 0) is 24.6 Å². The van der Waals surface area contributed by atoms with E-state index in [0.29, 0.717) is 27.6 Å². The molecule has 0 spiro atoms. The molecular weight excluding hydrogens is 390 g/mol. The number of halogens is 1. The Morgan fingerprint density at radius 1 is 1.22 bits per heavy atom. The van der Waals surface area contributed by atoms with E-state index in [1.54, 1.807) is 24.4 Å². The van der Waals surface area contributed by atoms with Crippen LogP contribution in [0.3, 0.4) is 0 Å². The quantitative estimate of drug-likeness (QED) is 0.275. The first-order valence-corrected chi connectivity index (χ1v) is 9.22. The van der Waals surface area contributed by atoms with Crippen molar-refractivity contribution in [2.45, 2.75) is 17.9 Å². The molecular formula is C17H12ClN5O3S. The molecule has 0 aliphatic carbocycles. The Morgan fingerprint density at radius 2 is 2.00 bits per heavy atom. The van der Waals surface area contributed by atoms with Crippen LogP contribution in [0.25, 0.3) is 17.2 Å². The molecule has 10 heteroatoms. The van der Waals surface area contributed by atoms with Crippen LogP contribution >= 0.6 is 23.4 Å². The van der Waals surface area contributed by atoms with Crippen LogP contribution in [0, 0.1) is 17.0 Å². The van der Waals surface area contributed by atoms with E-state index in [9.17, 15) is 10.1 Å². The van der Waals surface area contributed by atoms with Crippen molar-refractivity contribution < 1.29 is 9.34 Å². The molecule has 0 atom stereocenters. The van der Waals surface area contributed by atoms with Crippen LogP contribution in [-0.2, 0) is 5.75 Å². The van der Waals surface area contributed by atoms with Crippen LogP contribution in [0.4, 0.5) is 5.69 Å². The summed E-state index contributed by atoms with van der Waals surface area (Å²) >= 11 is 7.43. The van der Waals surface area contributed by atoms with Crippen molar-refractivity contribution in [3.05, 3.63) is 69.0 Å². The minimum atomic E-state index is -0.425. The number of hydrogen-bond acceptors (Lipinski definition) is 7. The van der Waals surface area contributed by atoms with Gasteiger partial charge in [-0.15, -0.1) is 10.2 Å². The number of aryl methyl sites for hydroxylation is 1. The molecule has 0 N–H and O–H groups in total. The third-order valence-corrected chi connectivity index (χ3v) is 4.99. The number of aromatic nitrogens is 4. The fourth-order valence-corrected chi connectivity index (χ4v) is 3.50. The smallest absolute Gasteiger partial charge is 0.277 e. The molecule has 0 fully saturated rings. The molecule has 4 rings (SSSR count). The maximum atomic E-state index is 10.7. The number of fused-ring (bicyclic) bond motifs is 1. The zero-order chi connectivity index (χ0) is 19.0. The largest absolute Gasteiger partial charge is 0.410 e. The summed E-state index contributed by atoms with van der Waals surface area (Å²) in [5.41, 5.74) is 3.17. The highest BCUT2D eigenvalue weighted by Gasteiger charge is 2.18. The normalized spacial score (nSPS) is 11.2. The molecule has 0 unspecified atom stereocenters. The maximum Gasteiger partial charge on any atom is 0.277 e. The van der Waals surface area contributed by atoms with Crippen molar-refractivity contribution in [2.24, 2.45) is 0 Å². The van der Waals surface area contributed by atoms with E-state index in [4.69, 9.17) is 16.0 Å². The number of thioether (sulfide) groups is 1. The number of rotatable bonds is 5. The van der Waals surface area contributed by atoms with Gasteiger partial charge >= 0.3 is 0 Å². The second-order valence-electron chi connectivity index (χ2n) is 5.71. The van der Waals surface area contributed by atoms with Crippen LogP contribution < -0.4 is 0 Å². The van der Waals surface area contributed by atoms with E-state index < -0.39 is 4.92 Å². The van der Waals surface area contributed by atoms with Gasteiger partial charge in [0.25, 0.3) is 16.8 Å². The number of nitrogens with zero attached hydrogens (tertiary/aromatic N) is 5. The van der Waals surface area contributed by atoms with Gasteiger partial charge in [0.2, 0.25) is 0 Å². The SMILES string of the molecule is Cc1nc2ccc(Cl)cn2c1-c1nnc(SCc2ccc([N+](=O)[O-])cc2)o1. The average Bonchev–Trinajstić information content (AvgIpc) is 3.23. The molecule has 27 heavy (non-hydrogen) atoms. The summed E-state index contributed by atoms with van der Waals surface area (Å²) in [5, 5.41) is 19.9. The fourth-order valence-electron chi connectivity index (χ4n) is 2.62. The van der Waals surface area contributed by atoms with Crippen molar-refractivity contribution in [1.82, 2.24) is 19.6 Å². The van der Waals surface area contributed by atoms with E-state index in [1.807, 2.05) is 17.4 Å². The van der Waals surface area contributed by atoms with Gasteiger partial charge < -0.3 is 4.42 Å². The highest BCUT2D eigenvalue weighted by atomic mass is 35.5. The van der Waals surface area contributed by atoms with Gasteiger partial charge in [-0.3, -0.25) is 14.5 Å². The summed E-state index contributed by atoms with van der Waals surface area (Å²) in [5.74, 6) is 0.908. The zero-order valence-electron chi connectivity index (χ0n) is 14.0. The molecule has 0 aliphatic rings. The summed E-state index contributed by atoms with van der Waals surface area (Å²) in [7, 11) is 0. The lowest BCUT2D eigenvalue weighted by Crippen LogP contribution is -1.89. The summed E-state index contributed by atoms with van der Waals surface area (Å²) in [4.78, 5) is 14.7. The van der Waals surface area contributed by atoms with E-state index >= 15 is 0 Å². The second-order valence-corrected chi connectivity index (χ2v) is 7.07. The predicted molar refractivity (Wildman–Crippen MR) is 101 cm³/mol. The minimum absolute atomic E-state index is 0.0607. The first-order valence-electron chi connectivity index (χ1n) is 7.85. The molecule has 1 aromatic carbocycles. The maximum absolute atomic E-state index is 10.7. The van der Waals surface area contributed by atoms with Crippen molar-refractivity contribution in [3.8, 4) is 11.6 Å². The van der Waals surface area contributed by atoms with Gasteiger partial charge in [0, 0.05) is 24.1 Å². The number of pyridine rings is 1. The van der Waals surface area contributed by atoms with Crippen molar-refractivity contribution >= 4 is 34.7 Å². The van der Waals surface area contributed by atoms with Gasteiger partial charge in [-0.1, -0.05) is 35.5 Å². The highest BCUT2D eigenvalue weighted by molar-refractivity contribution is 7.98. The van der Waals surface area contributed by atoms with Crippen LogP contribution in [0.15, 0.2) is 52.2 Å². The Morgan fingerprint density at radius 3 is 2.74 bits per heavy atom. The average molecular weight is 402 g/mol. The lowest BCUT2D eigenvalue weighted by molar-refractivity contribution is -0.384. The first kappa shape index (κ1) is 17.5. The van der Waals surface area contributed by atoms with E-state index in [-0.39, 0.29) is 5.69 Å². The minimum Gasteiger partial charge on any atom is -0.410 e. The van der Waals surface area contributed by atoms with Gasteiger partial charge in [-0.2, -0.15) is 0 Å². The first-order chi connectivity index (χ1) is 13.0. The molecule has 3 aromatic heterocycles. The van der Waals surface area contributed by atoms with Gasteiger partial charge in [-0.25, -0.2) is 4.98 Å². The molecule has 3 heterocycles. The monoisotopic (exact) mass is 401 g/mol. The number of benzene rings is 1. The van der Waals surface area contributed by atoms with Gasteiger partial charge in [0.05, 0.1) is 15.6 Å². The van der Waals surface area contributed by atoms with Crippen LogP contribution in [0.1, 0.15) is 11.3 Å². The molecule has 8 nitrogen and oxygen atoms in total. The zero-order valence-corrected chi connectivity index (χ0v) is 15.6. The van der Waals surface area contributed by atoms with Crippen LogP contribution in [0.5, 0.6) is 0 Å². The van der Waals surface area contributed by atoms with Crippen molar-refractivity contribution in [3.63, 3.8) is 0 Å². The third-order valence-electron chi connectivity index (χ3n) is 3.88. The Hall–Kier alpha value is -2.91. The molecule has 0 saturated carbocycles. The molecule has 0 saturated heterocycles. The molecule has 0 amide bonds. The summed E-state index contributed by atoms with van der Waals surface area (Å²) < 4.78 is 7.58. The summed E-state index contributed by atoms with van der Waals surface area (Å²) in [6, 6.07) is 9.95. The summed E-state index contributed by atoms with van der Waals surface area (Å²) in [6.45, 7) is 1.87. The number of nitro benzene ring substituents is 1. The molecule has 4 aromatic rings. The van der Waals surface area contributed by atoms with Crippen LogP contribution in [0.2, 0.25) is 5.02 Å². The Labute approximate surface area is 162 Å². The lowest BCUT2D eigenvalue weighted by atomic mass is 10.2. The van der Waals surface area contributed by atoms with Gasteiger partial charge in [0.1, 0.15) is 11.3 Å². The van der Waals surface area contributed by atoms with Crippen molar-refractivity contribution in [1.29, 1.82) is 0 Å². The van der Waals surface area contributed by atoms with Crippen LogP contribution in [-0.4, -0.2) is 24.5 Å². The summed E-state index contributed by atoms with van der Waals surface area (Å²) in [6.07, 6.45) is 1.75. The van der Waals surface area contributed by atoms with Gasteiger partial charge in [0.15, 0.2) is 0 Å². The topological polar surface area (TPSA) is 99.4 Å². The third kappa shape index (κ3) is 3.51. The standard InChI is InChI=1S/C17H12ClN5O3S/c1-10-15(22-8-12(18)4-7-14(22)19-10)16-20-21-17(26-16)27-9-11-2-5-13(6-3-11)23(24)25/h2-8H,9H2,1H3. The van der Waals surface area contributed by atoms with E-state index in [0.717, 1.165) is 16.9 Å². The lowest BCUT2D eigenvalue weighted by Gasteiger charge is -1.99. The molecule has 136 valence electrons. The highest BCUT2D eigenvalue weighted by Crippen LogP contribution is 2.29. The number of nitro groups is 1. The Balaban J connectivity index is 1.55. The number of non-ortho nitro benzene ring substituents is 1.